The maximum atomic E-state index is 12.6. The molecule has 4 rings (SSSR count). The molecule has 27 heavy (non-hydrogen) atoms. The Bertz CT molecular complexity index is 822. The first-order valence-corrected chi connectivity index (χ1v) is 9.24. The zero-order chi connectivity index (χ0) is 18.8. The van der Waals surface area contributed by atoms with Crippen molar-refractivity contribution in [2.24, 2.45) is 5.73 Å². The van der Waals surface area contributed by atoms with E-state index in [1.165, 1.54) is 0 Å². The molecule has 0 aliphatic carbocycles. The number of hydrogen-bond acceptors (Lipinski definition) is 4. The topological polar surface area (TPSA) is 75.9 Å². The minimum atomic E-state index is -0.346. The number of carbonyl (C=O) groups is 2. The maximum Gasteiger partial charge on any atom is 0.410 e. The lowest BCUT2D eigenvalue weighted by Crippen LogP contribution is -2.54. The summed E-state index contributed by atoms with van der Waals surface area (Å²) in [7, 11) is 0. The van der Waals surface area contributed by atoms with Crippen LogP contribution in [-0.4, -0.2) is 54.1 Å². The fourth-order valence-electron chi connectivity index (χ4n) is 3.70. The van der Waals surface area contributed by atoms with Gasteiger partial charge in [0.15, 0.2) is 0 Å². The molecule has 6 nitrogen and oxygen atoms in total. The largest absolute Gasteiger partial charge is 0.447 e. The average Bonchev–Trinajstić information content (AvgIpc) is 3.09. The van der Waals surface area contributed by atoms with E-state index in [9.17, 15) is 9.59 Å². The first-order chi connectivity index (χ1) is 13.1. The van der Waals surface area contributed by atoms with Gasteiger partial charge in [0.25, 0.3) is 0 Å². The molecule has 0 bridgehead atoms. The van der Waals surface area contributed by atoms with Gasteiger partial charge in [-0.3, -0.25) is 9.69 Å². The molecule has 2 fully saturated rings. The van der Waals surface area contributed by atoms with E-state index in [1.54, 1.807) is 9.80 Å². The van der Waals surface area contributed by atoms with Crippen LogP contribution in [0.3, 0.4) is 0 Å². The Morgan fingerprint density at radius 3 is 2.52 bits per heavy atom. The van der Waals surface area contributed by atoms with Crippen molar-refractivity contribution in [2.45, 2.75) is 18.5 Å². The van der Waals surface area contributed by atoms with E-state index < -0.39 is 0 Å². The molecule has 2 aromatic rings. The Kier molecular flexibility index (Phi) is 4.81. The summed E-state index contributed by atoms with van der Waals surface area (Å²) >= 11 is 0. The molecule has 0 aromatic heterocycles. The van der Waals surface area contributed by atoms with Crippen molar-refractivity contribution < 1.29 is 14.3 Å². The highest BCUT2D eigenvalue weighted by molar-refractivity contribution is 5.78. The molecule has 0 spiro atoms. The Labute approximate surface area is 158 Å². The van der Waals surface area contributed by atoms with Crippen LogP contribution in [0.4, 0.5) is 4.79 Å². The van der Waals surface area contributed by atoms with Gasteiger partial charge in [0.1, 0.15) is 6.61 Å². The molecular formula is C21H23N3O3. The predicted octanol–water partition coefficient (Wildman–Crippen LogP) is 2.41. The van der Waals surface area contributed by atoms with Gasteiger partial charge in [-0.25, -0.2) is 4.79 Å². The van der Waals surface area contributed by atoms with Crippen LogP contribution in [0, 0.1) is 0 Å². The zero-order valence-corrected chi connectivity index (χ0v) is 15.1. The number of ether oxygens (including phenoxy) is 1. The van der Waals surface area contributed by atoms with Crippen molar-refractivity contribution in [1.82, 2.24) is 9.80 Å². The van der Waals surface area contributed by atoms with Crippen molar-refractivity contribution in [3.8, 4) is 11.1 Å². The normalized spacial score (nSPS) is 20.2. The zero-order valence-electron chi connectivity index (χ0n) is 15.1. The Balaban J connectivity index is 1.36. The van der Waals surface area contributed by atoms with Gasteiger partial charge in [0.05, 0.1) is 6.04 Å². The van der Waals surface area contributed by atoms with Crippen molar-refractivity contribution in [2.75, 3.05) is 26.2 Å². The van der Waals surface area contributed by atoms with E-state index in [0.717, 1.165) is 16.7 Å². The standard InChI is InChI=1S/C21H23N3O3/c22-19(17-8-6-16(7-9-17)15-4-2-1-3-5-15)12-20(25)23-10-11-24-18(13-23)14-27-21(24)26/h1-9,18-19H,10-14,22H2/t18?,19-/m1/s1. The Hall–Kier alpha value is -2.86. The molecule has 1 unspecified atom stereocenters. The van der Waals surface area contributed by atoms with E-state index in [2.05, 4.69) is 12.1 Å². The van der Waals surface area contributed by atoms with E-state index in [0.29, 0.717) is 26.2 Å². The second-order valence-electron chi connectivity index (χ2n) is 7.06. The fraction of sp³-hybridized carbons (Fsp3) is 0.333. The Morgan fingerprint density at radius 1 is 1.07 bits per heavy atom. The molecule has 140 valence electrons. The maximum absolute atomic E-state index is 12.6. The van der Waals surface area contributed by atoms with Gasteiger partial charge in [-0.1, -0.05) is 54.6 Å². The number of nitrogens with two attached hydrogens (primary N) is 1. The van der Waals surface area contributed by atoms with Crippen molar-refractivity contribution >= 4 is 12.0 Å². The molecule has 2 heterocycles. The van der Waals surface area contributed by atoms with Crippen LogP contribution in [0.1, 0.15) is 18.0 Å². The molecule has 0 saturated carbocycles. The lowest BCUT2D eigenvalue weighted by atomic mass is 9.99. The van der Waals surface area contributed by atoms with E-state index in [4.69, 9.17) is 10.5 Å². The third kappa shape index (κ3) is 3.66. The summed E-state index contributed by atoms with van der Waals surface area (Å²) in [6, 6.07) is 17.8. The van der Waals surface area contributed by atoms with Gasteiger partial charge >= 0.3 is 6.09 Å². The van der Waals surface area contributed by atoms with Gasteiger partial charge in [0.2, 0.25) is 5.91 Å². The summed E-state index contributed by atoms with van der Waals surface area (Å²) in [5, 5.41) is 0. The van der Waals surface area contributed by atoms with Crippen LogP contribution in [0.2, 0.25) is 0 Å². The smallest absolute Gasteiger partial charge is 0.410 e. The van der Waals surface area contributed by atoms with Gasteiger partial charge in [0, 0.05) is 32.1 Å². The highest BCUT2D eigenvalue weighted by atomic mass is 16.6. The number of amides is 2. The van der Waals surface area contributed by atoms with Crippen LogP contribution in [0.5, 0.6) is 0 Å². The molecule has 2 N–H and O–H groups in total. The van der Waals surface area contributed by atoms with Crippen LogP contribution >= 0.6 is 0 Å². The average molecular weight is 365 g/mol. The quantitative estimate of drug-likeness (QED) is 0.903. The first kappa shape index (κ1) is 17.5. The number of nitrogens with zero attached hydrogens (tertiary/aromatic N) is 2. The minimum absolute atomic E-state index is 0.0219. The molecule has 2 atom stereocenters. The number of benzene rings is 2. The lowest BCUT2D eigenvalue weighted by Gasteiger charge is -2.35. The van der Waals surface area contributed by atoms with Crippen molar-refractivity contribution in [3.63, 3.8) is 0 Å². The molecule has 2 aromatic carbocycles. The van der Waals surface area contributed by atoms with E-state index in [1.807, 2.05) is 42.5 Å². The molecular weight excluding hydrogens is 342 g/mol. The summed E-state index contributed by atoms with van der Waals surface area (Å²) in [5.74, 6) is 0.0219. The van der Waals surface area contributed by atoms with Crippen molar-refractivity contribution in [3.05, 3.63) is 60.2 Å². The summed E-state index contributed by atoms with van der Waals surface area (Å²) < 4.78 is 5.05. The van der Waals surface area contributed by atoms with Gasteiger partial charge in [-0.2, -0.15) is 0 Å². The number of cyclic esters (lactones) is 1. The van der Waals surface area contributed by atoms with Crippen molar-refractivity contribution in [1.29, 1.82) is 0 Å². The summed E-state index contributed by atoms with van der Waals surface area (Å²) in [6.45, 7) is 1.93. The second kappa shape index (κ2) is 7.40. The second-order valence-corrected chi connectivity index (χ2v) is 7.06. The van der Waals surface area contributed by atoms with Crippen LogP contribution in [0.15, 0.2) is 54.6 Å². The molecule has 2 amide bonds. The number of fused-ring (bicyclic) bond motifs is 1. The molecule has 6 heteroatoms. The number of carbonyl (C=O) groups excluding carboxylic acids is 2. The molecule has 0 radical (unpaired) electrons. The third-order valence-electron chi connectivity index (χ3n) is 5.31. The fourth-order valence-corrected chi connectivity index (χ4v) is 3.70. The molecule has 2 aliphatic rings. The summed E-state index contributed by atoms with van der Waals surface area (Å²) in [5.41, 5.74) is 9.51. The third-order valence-corrected chi connectivity index (χ3v) is 5.31. The summed E-state index contributed by atoms with van der Waals surface area (Å²) in [6.07, 6.45) is -0.0195. The monoisotopic (exact) mass is 365 g/mol. The van der Waals surface area contributed by atoms with E-state index in [-0.39, 0.29) is 30.5 Å². The van der Waals surface area contributed by atoms with Gasteiger partial charge in [-0.05, 0) is 16.7 Å². The highest BCUT2D eigenvalue weighted by Gasteiger charge is 2.38. The molecule has 2 aliphatic heterocycles. The van der Waals surface area contributed by atoms with Gasteiger partial charge in [-0.15, -0.1) is 0 Å². The van der Waals surface area contributed by atoms with Crippen LogP contribution < -0.4 is 5.73 Å². The van der Waals surface area contributed by atoms with E-state index >= 15 is 0 Å². The predicted molar refractivity (Wildman–Crippen MR) is 102 cm³/mol. The number of piperazine rings is 1. The molecule has 2 saturated heterocycles. The highest BCUT2D eigenvalue weighted by Crippen LogP contribution is 2.24. The van der Waals surface area contributed by atoms with Crippen LogP contribution in [0.25, 0.3) is 11.1 Å². The minimum Gasteiger partial charge on any atom is -0.447 e. The first-order valence-electron chi connectivity index (χ1n) is 9.24. The number of rotatable bonds is 4. The lowest BCUT2D eigenvalue weighted by molar-refractivity contribution is -0.133. The number of hydrogen-bond donors (Lipinski definition) is 1. The van der Waals surface area contributed by atoms with Gasteiger partial charge < -0.3 is 15.4 Å². The SMILES string of the molecule is N[C@H](CC(=O)N1CCN2C(=O)OCC2C1)c1ccc(-c2ccccc2)cc1. The Morgan fingerprint density at radius 2 is 1.78 bits per heavy atom. The summed E-state index contributed by atoms with van der Waals surface area (Å²) in [4.78, 5) is 27.7. The van der Waals surface area contributed by atoms with Crippen LogP contribution in [-0.2, 0) is 9.53 Å².